The molecule has 324 valence electrons. The van der Waals surface area contributed by atoms with Crippen molar-refractivity contribution in [2.75, 3.05) is 57.1 Å². The standard InChI is InChI=1S/C37H40F3N9O6.C3H8.C2H6/c1-22-21-47(15-16-48(22)35(52)41-2)31-13-10-25(18-42-31)34(51)45-26-11-12-27(30(17-26)55-37(38,39)40)23-6-8-24(9-7-23)28-19-43-33(46-28)29-5-4-14-49(29)32(50)20-44-36(53)54-3;1-3-2;1-2/h6-13,17-19,22,29H,4-5,14-16,20-21H2,1-3H3,(H,41,52)(H,43,46)(H,44,53)(H,45,51);3H2,1-2H3;1-2H3. The third-order valence-electron chi connectivity index (χ3n) is 9.46. The van der Waals surface area contributed by atoms with Gasteiger partial charge in [0.2, 0.25) is 5.91 Å². The first-order valence-corrected chi connectivity index (χ1v) is 19.9. The van der Waals surface area contributed by atoms with Gasteiger partial charge in [0.15, 0.2) is 0 Å². The van der Waals surface area contributed by atoms with Gasteiger partial charge in [-0.25, -0.2) is 19.6 Å². The SMILES string of the molecule is CC.CCC.CNC(=O)N1CCN(c2ccc(C(=O)Nc3ccc(-c4ccc(-c5cnc(C6CCCN6C(=O)CNC(=O)OC)[nH]5)cc4)c(OC(F)(F)F)c3)cn2)CC1C. The minimum absolute atomic E-state index is 0.0598. The Morgan fingerprint density at radius 3 is 2.23 bits per heavy atom. The van der Waals surface area contributed by atoms with Crippen molar-refractivity contribution in [3.63, 3.8) is 0 Å². The van der Waals surface area contributed by atoms with Crippen molar-refractivity contribution in [3.8, 4) is 28.1 Å². The number of anilines is 2. The first-order valence-electron chi connectivity index (χ1n) is 19.9. The summed E-state index contributed by atoms with van der Waals surface area (Å²) in [6.45, 7) is 12.1. The minimum Gasteiger partial charge on any atom is -0.453 e. The number of hydrogen-bond donors (Lipinski definition) is 4. The molecule has 6 rings (SSSR count). The predicted octanol–water partition coefficient (Wildman–Crippen LogP) is 7.60. The zero-order valence-corrected chi connectivity index (χ0v) is 35.0. The number of halogens is 3. The Kier molecular flexibility index (Phi) is 16.7. The van der Waals surface area contributed by atoms with Crippen LogP contribution >= 0.6 is 0 Å². The highest BCUT2D eigenvalue weighted by Crippen LogP contribution is 2.37. The van der Waals surface area contributed by atoms with Gasteiger partial charge in [0, 0.05) is 62.8 Å². The number of piperazine rings is 1. The van der Waals surface area contributed by atoms with Crippen LogP contribution < -0.4 is 25.6 Å². The van der Waals surface area contributed by atoms with E-state index in [1.165, 1.54) is 31.9 Å². The molecular formula is C42H54F3N9O6. The van der Waals surface area contributed by atoms with Crippen molar-refractivity contribution >= 4 is 35.4 Å². The number of alkyl carbamates (subject to hydrolysis) is 1. The maximum atomic E-state index is 13.6. The van der Waals surface area contributed by atoms with Crippen molar-refractivity contribution in [2.24, 2.45) is 0 Å². The summed E-state index contributed by atoms with van der Waals surface area (Å²) in [5.41, 5.74) is 2.19. The number of alkyl halides is 3. The molecule has 2 aliphatic rings. The van der Waals surface area contributed by atoms with Crippen LogP contribution in [0.1, 0.15) is 76.1 Å². The molecule has 4 aromatic rings. The Morgan fingerprint density at radius 1 is 0.917 bits per heavy atom. The van der Waals surface area contributed by atoms with Crippen LogP contribution in [0.15, 0.2) is 67.0 Å². The summed E-state index contributed by atoms with van der Waals surface area (Å²) in [7, 11) is 2.80. The number of nitrogens with one attached hydrogen (secondary N) is 4. The molecule has 2 aromatic heterocycles. The number of likely N-dealkylation sites (tertiary alicyclic amines) is 1. The normalized spacial score (nSPS) is 16.1. The molecule has 2 atom stereocenters. The summed E-state index contributed by atoms with van der Waals surface area (Å²) < 4.78 is 49.7. The maximum absolute atomic E-state index is 13.6. The van der Waals surface area contributed by atoms with Crippen LogP contribution in [-0.4, -0.2) is 108 Å². The predicted molar refractivity (Wildman–Crippen MR) is 223 cm³/mol. The molecule has 5 amide bonds. The largest absolute Gasteiger partial charge is 0.573 e. The van der Waals surface area contributed by atoms with Crippen LogP contribution in [0.25, 0.3) is 22.4 Å². The van der Waals surface area contributed by atoms with Gasteiger partial charge in [0.05, 0.1) is 30.6 Å². The number of aromatic amines is 1. The van der Waals surface area contributed by atoms with E-state index in [0.717, 1.165) is 12.5 Å². The van der Waals surface area contributed by atoms with Crippen LogP contribution in [-0.2, 0) is 9.53 Å². The Morgan fingerprint density at radius 2 is 1.62 bits per heavy atom. The fraction of sp³-hybridized carbons (Fsp3) is 0.429. The second-order valence-electron chi connectivity index (χ2n) is 13.7. The fourth-order valence-electron chi connectivity index (χ4n) is 6.72. The Balaban J connectivity index is 0.00000152. The van der Waals surface area contributed by atoms with Gasteiger partial charge < -0.3 is 45.1 Å². The van der Waals surface area contributed by atoms with E-state index in [9.17, 15) is 32.3 Å². The van der Waals surface area contributed by atoms with Crippen LogP contribution in [0.4, 0.5) is 34.3 Å². The van der Waals surface area contributed by atoms with Gasteiger partial charge in [-0.2, -0.15) is 0 Å². The molecule has 4 N–H and O–H groups in total. The summed E-state index contributed by atoms with van der Waals surface area (Å²) in [5.74, 6) is -0.157. The van der Waals surface area contributed by atoms with Crippen LogP contribution in [0.5, 0.6) is 5.75 Å². The van der Waals surface area contributed by atoms with E-state index in [4.69, 9.17) is 0 Å². The van der Waals surface area contributed by atoms with Gasteiger partial charge in [-0.05, 0) is 55.2 Å². The average Bonchev–Trinajstić information content (AvgIpc) is 3.94. The molecule has 18 heteroatoms. The second-order valence-corrected chi connectivity index (χ2v) is 13.7. The number of nitrogens with zero attached hydrogens (tertiary/aromatic N) is 5. The lowest BCUT2D eigenvalue weighted by Gasteiger charge is -2.40. The summed E-state index contributed by atoms with van der Waals surface area (Å²) in [4.78, 5) is 66.9. The average molecular weight is 838 g/mol. The third-order valence-corrected chi connectivity index (χ3v) is 9.46. The second kappa shape index (κ2) is 21.6. The van der Waals surface area contributed by atoms with E-state index < -0.39 is 24.1 Å². The Hall–Kier alpha value is -6.33. The number of imidazole rings is 1. The van der Waals surface area contributed by atoms with Crippen molar-refractivity contribution in [1.82, 2.24) is 35.4 Å². The van der Waals surface area contributed by atoms with E-state index in [1.807, 2.05) is 25.7 Å². The quantitative estimate of drug-likeness (QED) is 0.132. The molecule has 2 aliphatic heterocycles. The minimum atomic E-state index is -5.00. The summed E-state index contributed by atoms with van der Waals surface area (Å²) >= 11 is 0. The molecule has 0 aliphatic carbocycles. The topological polar surface area (TPSA) is 174 Å². The fourth-order valence-corrected chi connectivity index (χ4v) is 6.72. The molecule has 0 bridgehead atoms. The highest BCUT2D eigenvalue weighted by atomic mass is 19.4. The summed E-state index contributed by atoms with van der Waals surface area (Å²) in [5, 5.41) is 7.65. The van der Waals surface area contributed by atoms with E-state index in [1.54, 1.807) is 59.4 Å². The van der Waals surface area contributed by atoms with Gasteiger partial charge in [-0.15, -0.1) is 13.2 Å². The summed E-state index contributed by atoms with van der Waals surface area (Å²) in [6.07, 6.45) is -0.0112. The van der Waals surface area contributed by atoms with E-state index in [0.29, 0.717) is 61.1 Å². The molecule has 2 saturated heterocycles. The molecule has 2 aromatic carbocycles. The highest BCUT2D eigenvalue weighted by Gasteiger charge is 2.34. The number of rotatable bonds is 9. The van der Waals surface area contributed by atoms with Gasteiger partial charge >= 0.3 is 18.5 Å². The van der Waals surface area contributed by atoms with Crippen LogP contribution in [0.2, 0.25) is 0 Å². The lowest BCUT2D eigenvalue weighted by Crippen LogP contribution is -2.56. The first-order chi connectivity index (χ1) is 28.7. The number of pyridine rings is 1. The van der Waals surface area contributed by atoms with Crippen molar-refractivity contribution in [3.05, 3.63) is 78.4 Å². The molecule has 0 radical (unpaired) electrons. The Bertz CT molecular complexity index is 2040. The maximum Gasteiger partial charge on any atom is 0.573 e. The van der Waals surface area contributed by atoms with Gasteiger partial charge in [0.25, 0.3) is 5.91 Å². The molecule has 60 heavy (non-hydrogen) atoms. The lowest BCUT2D eigenvalue weighted by molar-refractivity contribution is -0.274. The molecule has 0 saturated carbocycles. The smallest absolute Gasteiger partial charge is 0.453 e. The van der Waals surface area contributed by atoms with Gasteiger partial charge in [-0.3, -0.25) is 9.59 Å². The number of ether oxygens (including phenoxy) is 2. The van der Waals surface area contributed by atoms with Crippen molar-refractivity contribution < 1.29 is 41.8 Å². The number of aromatic nitrogens is 3. The zero-order chi connectivity index (χ0) is 44.0. The monoisotopic (exact) mass is 837 g/mol. The Labute approximate surface area is 348 Å². The highest BCUT2D eigenvalue weighted by molar-refractivity contribution is 6.04. The molecule has 15 nitrogen and oxygen atoms in total. The number of carbonyl (C=O) groups is 4. The number of hydrogen-bond acceptors (Lipinski definition) is 9. The number of methoxy groups -OCH3 is 1. The lowest BCUT2D eigenvalue weighted by atomic mass is 10.0. The number of benzene rings is 2. The van der Waals surface area contributed by atoms with Crippen LogP contribution in [0, 0.1) is 0 Å². The van der Waals surface area contributed by atoms with Crippen LogP contribution in [0.3, 0.4) is 0 Å². The number of amides is 5. The van der Waals surface area contributed by atoms with Gasteiger partial charge in [-0.1, -0.05) is 58.4 Å². The number of urea groups is 1. The molecule has 2 unspecified atom stereocenters. The molecular weight excluding hydrogens is 784 g/mol. The molecule has 2 fully saturated rings. The number of H-pyrrole nitrogens is 1. The first kappa shape index (κ1) is 46.4. The van der Waals surface area contributed by atoms with E-state index in [2.05, 4.69) is 54.2 Å². The summed E-state index contributed by atoms with van der Waals surface area (Å²) in [6, 6.07) is 13.5. The molecule has 4 heterocycles. The number of carbonyl (C=O) groups excluding carboxylic acids is 4. The zero-order valence-electron chi connectivity index (χ0n) is 35.0. The van der Waals surface area contributed by atoms with Gasteiger partial charge in [0.1, 0.15) is 23.9 Å². The third kappa shape index (κ3) is 12.1. The van der Waals surface area contributed by atoms with E-state index in [-0.39, 0.29) is 47.4 Å². The molecule has 0 spiro atoms. The van der Waals surface area contributed by atoms with E-state index >= 15 is 0 Å². The van der Waals surface area contributed by atoms with Crippen molar-refractivity contribution in [2.45, 2.75) is 72.3 Å². The van der Waals surface area contributed by atoms with Crippen molar-refractivity contribution in [1.29, 1.82) is 0 Å².